The molecule has 3 aromatic rings. The molecule has 0 spiro atoms. The lowest BCUT2D eigenvalue weighted by Crippen LogP contribution is -2.52. The number of benzene rings is 3. The summed E-state index contributed by atoms with van der Waals surface area (Å²) >= 11 is 5.96. The van der Waals surface area contributed by atoms with Gasteiger partial charge in [0.05, 0.1) is 0 Å². The van der Waals surface area contributed by atoms with Crippen LogP contribution in [0.5, 0.6) is 5.75 Å². The van der Waals surface area contributed by atoms with Crippen LogP contribution in [0.3, 0.4) is 0 Å². The molecular weight excluding hydrogens is 460 g/mol. The van der Waals surface area contributed by atoms with E-state index in [1.807, 2.05) is 61.5 Å². The van der Waals surface area contributed by atoms with Crippen molar-refractivity contribution in [3.05, 3.63) is 101 Å². The molecule has 1 N–H and O–H groups in total. The van der Waals surface area contributed by atoms with E-state index >= 15 is 0 Å². The second-order valence-corrected chi connectivity index (χ2v) is 8.98. The molecule has 0 aliphatic carbocycles. The molecule has 0 bridgehead atoms. The van der Waals surface area contributed by atoms with Gasteiger partial charge < -0.3 is 15.0 Å². The standard InChI is InChI=1S/C29H33ClN2O3/c1-3-4-18-31-29(34)27(19-23-11-6-5-7-12-23)32(20-24-13-9-8-10-22(24)2)28(33)21-35-26-16-14-25(30)15-17-26/h5-17,27H,3-4,18-21H2,1-2H3,(H,31,34)/t27-/m1/s1. The summed E-state index contributed by atoms with van der Waals surface area (Å²) in [6.45, 7) is 4.80. The Morgan fingerprint density at radius 2 is 1.66 bits per heavy atom. The topological polar surface area (TPSA) is 58.6 Å². The highest BCUT2D eigenvalue weighted by atomic mass is 35.5. The van der Waals surface area contributed by atoms with Crippen molar-refractivity contribution in [2.24, 2.45) is 0 Å². The van der Waals surface area contributed by atoms with Crippen molar-refractivity contribution in [2.75, 3.05) is 13.2 Å². The average molecular weight is 493 g/mol. The van der Waals surface area contributed by atoms with Crippen LogP contribution >= 0.6 is 11.6 Å². The van der Waals surface area contributed by atoms with Crippen LogP contribution in [0.4, 0.5) is 0 Å². The van der Waals surface area contributed by atoms with Crippen molar-refractivity contribution in [3.63, 3.8) is 0 Å². The van der Waals surface area contributed by atoms with Gasteiger partial charge in [0.2, 0.25) is 5.91 Å². The quantitative estimate of drug-likeness (QED) is 0.335. The van der Waals surface area contributed by atoms with Crippen molar-refractivity contribution in [3.8, 4) is 5.75 Å². The molecule has 1 atom stereocenters. The minimum atomic E-state index is -0.671. The Morgan fingerprint density at radius 1 is 0.971 bits per heavy atom. The molecule has 0 radical (unpaired) electrons. The maximum absolute atomic E-state index is 13.6. The van der Waals surface area contributed by atoms with E-state index in [0.717, 1.165) is 29.5 Å². The molecule has 0 saturated carbocycles. The smallest absolute Gasteiger partial charge is 0.261 e. The van der Waals surface area contributed by atoms with Crippen molar-refractivity contribution in [1.82, 2.24) is 10.2 Å². The first-order valence-electron chi connectivity index (χ1n) is 12.0. The van der Waals surface area contributed by atoms with Gasteiger partial charge in [-0.3, -0.25) is 9.59 Å². The van der Waals surface area contributed by atoms with Gasteiger partial charge in [0.25, 0.3) is 5.91 Å². The zero-order valence-electron chi connectivity index (χ0n) is 20.4. The number of hydrogen-bond acceptors (Lipinski definition) is 3. The number of nitrogens with zero attached hydrogens (tertiary/aromatic N) is 1. The highest BCUT2D eigenvalue weighted by Crippen LogP contribution is 2.19. The number of hydrogen-bond donors (Lipinski definition) is 1. The number of rotatable bonds is 12. The summed E-state index contributed by atoms with van der Waals surface area (Å²) in [5.41, 5.74) is 3.05. The highest BCUT2D eigenvalue weighted by molar-refractivity contribution is 6.30. The van der Waals surface area contributed by atoms with Crippen LogP contribution in [0.1, 0.15) is 36.5 Å². The maximum atomic E-state index is 13.6. The number of unbranched alkanes of at least 4 members (excludes halogenated alkanes) is 1. The second kappa shape index (κ2) is 13.5. The zero-order valence-corrected chi connectivity index (χ0v) is 21.1. The fraction of sp³-hybridized carbons (Fsp3) is 0.310. The molecule has 184 valence electrons. The predicted octanol–water partition coefficient (Wildman–Crippen LogP) is 5.58. The number of ether oxygens (including phenoxy) is 1. The number of carbonyl (C=O) groups excluding carboxylic acids is 2. The third kappa shape index (κ3) is 8.15. The fourth-order valence-electron chi connectivity index (χ4n) is 3.79. The number of amides is 2. The van der Waals surface area contributed by atoms with E-state index in [-0.39, 0.29) is 18.4 Å². The van der Waals surface area contributed by atoms with Crippen LogP contribution < -0.4 is 10.1 Å². The van der Waals surface area contributed by atoms with Crippen LogP contribution in [-0.2, 0) is 22.6 Å². The predicted molar refractivity (Wildman–Crippen MR) is 141 cm³/mol. The van der Waals surface area contributed by atoms with Crippen LogP contribution in [0.2, 0.25) is 5.02 Å². The summed E-state index contributed by atoms with van der Waals surface area (Å²) in [7, 11) is 0. The maximum Gasteiger partial charge on any atom is 0.261 e. The molecule has 0 unspecified atom stereocenters. The molecule has 6 heteroatoms. The van der Waals surface area contributed by atoms with Crippen molar-refractivity contribution >= 4 is 23.4 Å². The zero-order chi connectivity index (χ0) is 25.0. The van der Waals surface area contributed by atoms with E-state index in [0.29, 0.717) is 30.3 Å². The number of aryl methyl sites for hydroxylation is 1. The Kier molecular flexibility index (Phi) is 10.2. The van der Waals surface area contributed by atoms with Gasteiger partial charge in [0.1, 0.15) is 11.8 Å². The minimum absolute atomic E-state index is 0.157. The van der Waals surface area contributed by atoms with Gasteiger partial charge >= 0.3 is 0 Å². The van der Waals surface area contributed by atoms with E-state index in [4.69, 9.17) is 16.3 Å². The summed E-state index contributed by atoms with van der Waals surface area (Å²) in [4.78, 5) is 28.6. The largest absolute Gasteiger partial charge is 0.484 e. The van der Waals surface area contributed by atoms with E-state index in [1.54, 1.807) is 29.2 Å². The number of nitrogens with one attached hydrogen (secondary N) is 1. The van der Waals surface area contributed by atoms with Gasteiger partial charge in [-0.25, -0.2) is 0 Å². The van der Waals surface area contributed by atoms with Gasteiger partial charge in [-0.1, -0.05) is 79.5 Å². The van der Waals surface area contributed by atoms with Crippen molar-refractivity contribution in [2.45, 2.75) is 45.7 Å². The Bertz CT molecular complexity index is 1090. The normalized spacial score (nSPS) is 11.5. The lowest BCUT2D eigenvalue weighted by Gasteiger charge is -2.32. The summed E-state index contributed by atoms with van der Waals surface area (Å²) in [6.07, 6.45) is 2.27. The summed E-state index contributed by atoms with van der Waals surface area (Å²) in [5, 5.41) is 3.63. The van der Waals surface area contributed by atoms with Crippen LogP contribution in [0.15, 0.2) is 78.9 Å². The average Bonchev–Trinajstić information content (AvgIpc) is 2.87. The molecule has 0 aliphatic heterocycles. The Hall–Kier alpha value is -3.31. The van der Waals surface area contributed by atoms with Crippen LogP contribution in [0.25, 0.3) is 0 Å². The van der Waals surface area contributed by atoms with E-state index in [2.05, 4.69) is 12.2 Å². The minimum Gasteiger partial charge on any atom is -0.484 e. The van der Waals surface area contributed by atoms with Gasteiger partial charge in [-0.15, -0.1) is 0 Å². The van der Waals surface area contributed by atoms with E-state index < -0.39 is 6.04 Å². The lowest BCUT2D eigenvalue weighted by molar-refractivity contribution is -0.142. The lowest BCUT2D eigenvalue weighted by atomic mass is 10.0. The molecule has 3 rings (SSSR count). The molecule has 3 aromatic carbocycles. The first kappa shape index (κ1) is 26.3. The highest BCUT2D eigenvalue weighted by Gasteiger charge is 2.30. The van der Waals surface area contributed by atoms with Gasteiger partial charge in [0.15, 0.2) is 6.61 Å². The summed E-state index contributed by atoms with van der Waals surface area (Å²) < 4.78 is 5.77. The molecule has 0 aliphatic rings. The fourth-order valence-corrected chi connectivity index (χ4v) is 3.92. The van der Waals surface area contributed by atoms with Gasteiger partial charge in [-0.2, -0.15) is 0 Å². The number of halogens is 1. The summed E-state index contributed by atoms with van der Waals surface area (Å²) in [6, 6.07) is 23.9. The molecule has 35 heavy (non-hydrogen) atoms. The molecule has 0 aromatic heterocycles. The molecule has 5 nitrogen and oxygen atoms in total. The molecule has 0 fully saturated rings. The van der Waals surface area contributed by atoms with E-state index in [9.17, 15) is 9.59 Å². The molecule has 0 saturated heterocycles. The van der Waals surface area contributed by atoms with Crippen LogP contribution in [0, 0.1) is 6.92 Å². The van der Waals surface area contributed by atoms with Gasteiger partial charge in [-0.05, 0) is 54.3 Å². The van der Waals surface area contributed by atoms with E-state index in [1.165, 1.54) is 0 Å². The third-order valence-electron chi connectivity index (χ3n) is 5.88. The number of carbonyl (C=O) groups is 2. The summed E-state index contributed by atoms with van der Waals surface area (Å²) in [5.74, 6) is 0.135. The second-order valence-electron chi connectivity index (χ2n) is 8.54. The van der Waals surface area contributed by atoms with Crippen molar-refractivity contribution < 1.29 is 14.3 Å². The first-order valence-corrected chi connectivity index (χ1v) is 12.4. The molecular formula is C29H33ClN2O3. The van der Waals surface area contributed by atoms with Crippen molar-refractivity contribution in [1.29, 1.82) is 0 Å². The Morgan fingerprint density at radius 3 is 2.34 bits per heavy atom. The molecule has 0 heterocycles. The van der Waals surface area contributed by atoms with Gasteiger partial charge in [0, 0.05) is 24.5 Å². The Balaban J connectivity index is 1.88. The van der Waals surface area contributed by atoms with Crippen LogP contribution in [-0.4, -0.2) is 35.9 Å². The third-order valence-corrected chi connectivity index (χ3v) is 6.13. The SMILES string of the molecule is CCCCNC(=O)[C@@H](Cc1ccccc1)N(Cc1ccccc1C)C(=O)COc1ccc(Cl)cc1. The Labute approximate surface area is 213 Å². The molecule has 2 amide bonds. The monoisotopic (exact) mass is 492 g/mol. The first-order chi connectivity index (χ1) is 17.0.